The summed E-state index contributed by atoms with van der Waals surface area (Å²) in [5.74, 6) is 0.752. The topological polar surface area (TPSA) is 114 Å². The van der Waals surface area contributed by atoms with Gasteiger partial charge in [0.2, 0.25) is 5.75 Å². The van der Waals surface area contributed by atoms with Gasteiger partial charge < -0.3 is 14.5 Å². The number of ether oxygens (including phenoxy) is 2. The van der Waals surface area contributed by atoms with Crippen molar-refractivity contribution < 1.29 is 14.4 Å². The van der Waals surface area contributed by atoms with Gasteiger partial charge in [0.05, 0.1) is 34.7 Å². The molecule has 29 heavy (non-hydrogen) atoms. The van der Waals surface area contributed by atoms with Gasteiger partial charge in [-0.05, 0) is 43.2 Å². The van der Waals surface area contributed by atoms with Crippen LogP contribution in [0.3, 0.4) is 0 Å². The summed E-state index contributed by atoms with van der Waals surface area (Å²) in [7, 11) is 0. The molecular weight excluding hydrogens is 372 g/mol. The molecule has 8 nitrogen and oxygen atoms in total. The SMILES string of the molecule is CCCOc1c(OCC)cc(/C=C(/C#N)c2nc3ccccc3[nH]2)cc1[N+](=O)[O-]. The van der Waals surface area contributed by atoms with Crippen molar-refractivity contribution in [3.05, 3.63) is 57.9 Å². The lowest BCUT2D eigenvalue weighted by Gasteiger charge is -2.12. The standard InChI is InChI=1S/C21H20N4O4/c1-3-9-29-20-18(25(26)27)11-14(12-19(20)28-4-2)10-15(13-22)21-23-16-7-5-6-8-17(16)24-21/h5-8,10-12H,3-4,9H2,1-2H3,(H,23,24)/b15-10-. The van der Waals surface area contributed by atoms with Crippen LogP contribution in [0.2, 0.25) is 0 Å². The predicted octanol–water partition coefficient (Wildman–Crippen LogP) is 4.72. The van der Waals surface area contributed by atoms with Crippen molar-refractivity contribution in [2.75, 3.05) is 13.2 Å². The molecule has 0 unspecified atom stereocenters. The third kappa shape index (κ3) is 4.35. The molecule has 0 saturated carbocycles. The van der Waals surface area contributed by atoms with Crippen molar-refractivity contribution in [1.82, 2.24) is 9.97 Å². The fourth-order valence-electron chi connectivity index (χ4n) is 2.84. The highest BCUT2D eigenvalue weighted by Crippen LogP contribution is 2.39. The van der Waals surface area contributed by atoms with Crippen LogP contribution in [0.25, 0.3) is 22.7 Å². The summed E-state index contributed by atoms with van der Waals surface area (Å²) in [6.45, 7) is 4.35. The van der Waals surface area contributed by atoms with E-state index in [1.165, 1.54) is 12.1 Å². The number of aromatic amines is 1. The molecule has 0 atom stereocenters. The van der Waals surface area contributed by atoms with E-state index in [1.807, 2.05) is 31.2 Å². The van der Waals surface area contributed by atoms with E-state index in [1.54, 1.807) is 13.0 Å². The predicted molar refractivity (Wildman–Crippen MR) is 110 cm³/mol. The Hall–Kier alpha value is -3.86. The summed E-state index contributed by atoms with van der Waals surface area (Å²) in [5, 5.41) is 21.2. The molecular formula is C21H20N4O4. The molecule has 1 aromatic heterocycles. The summed E-state index contributed by atoms with van der Waals surface area (Å²) in [4.78, 5) is 18.6. The molecule has 0 fully saturated rings. The van der Waals surface area contributed by atoms with E-state index in [-0.39, 0.29) is 22.8 Å². The first-order chi connectivity index (χ1) is 14.1. The zero-order valence-electron chi connectivity index (χ0n) is 16.1. The first kappa shape index (κ1) is 19.9. The number of nitro benzene ring substituents is 1. The minimum atomic E-state index is -0.516. The number of para-hydroxylation sites is 2. The third-order valence-corrected chi connectivity index (χ3v) is 4.08. The number of benzene rings is 2. The molecule has 0 aliphatic rings. The quantitative estimate of drug-likeness (QED) is 0.337. The van der Waals surface area contributed by atoms with Gasteiger partial charge in [-0.3, -0.25) is 10.1 Å². The minimum absolute atomic E-state index is 0.0955. The molecule has 148 valence electrons. The zero-order chi connectivity index (χ0) is 20.8. The lowest BCUT2D eigenvalue weighted by atomic mass is 10.1. The minimum Gasteiger partial charge on any atom is -0.490 e. The maximum atomic E-state index is 11.6. The third-order valence-electron chi connectivity index (χ3n) is 4.08. The van der Waals surface area contributed by atoms with Gasteiger partial charge >= 0.3 is 5.69 Å². The fourth-order valence-corrected chi connectivity index (χ4v) is 2.84. The number of fused-ring (bicyclic) bond motifs is 1. The number of nitriles is 1. The molecule has 0 amide bonds. The van der Waals surface area contributed by atoms with Crippen molar-refractivity contribution in [1.29, 1.82) is 5.26 Å². The first-order valence-electron chi connectivity index (χ1n) is 9.22. The number of hydrogen-bond donors (Lipinski definition) is 1. The van der Waals surface area contributed by atoms with Gasteiger partial charge in [-0.15, -0.1) is 0 Å². The number of aromatic nitrogens is 2. The number of rotatable bonds is 8. The van der Waals surface area contributed by atoms with E-state index in [0.29, 0.717) is 31.0 Å². The summed E-state index contributed by atoms with van der Waals surface area (Å²) in [5.41, 5.74) is 2.01. The second-order valence-corrected chi connectivity index (χ2v) is 6.18. The Balaban J connectivity index is 2.10. The molecule has 3 rings (SSSR count). The molecule has 0 spiro atoms. The molecule has 0 aliphatic carbocycles. The Morgan fingerprint density at radius 1 is 1.31 bits per heavy atom. The number of nitro groups is 1. The summed E-state index contributed by atoms with van der Waals surface area (Å²) in [6, 6.07) is 12.5. The molecule has 3 aromatic rings. The molecule has 0 saturated heterocycles. The van der Waals surface area contributed by atoms with Gasteiger partial charge in [0.1, 0.15) is 11.9 Å². The van der Waals surface area contributed by atoms with Gasteiger partial charge in [-0.1, -0.05) is 19.1 Å². The molecule has 0 bridgehead atoms. The Morgan fingerprint density at radius 2 is 2.10 bits per heavy atom. The molecule has 2 aromatic carbocycles. The largest absolute Gasteiger partial charge is 0.490 e. The maximum absolute atomic E-state index is 11.6. The number of imidazole rings is 1. The number of nitrogens with zero attached hydrogens (tertiary/aromatic N) is 3. The molecule has 0 aliphatic heterocycles. The summed E-state index contributed by atoms with van der Waals surface area (Å²) < 4.78 is 11.1. The van der Waals surface area contributed by atoms with Gasteiger partial charge in [0.25, 0.3) is 0 Å². The molecule has 1 N–H and O–H groups in total. The van der Waals surface area contributed by atoms with Crippen LogP contribution in [-0.4, -0.2) is 28.1 Å². The zero-order valence-corrected chi connectivity index (χ0v) is 16.1. The highest BCUT2D eigenvalue weighted by atomic mass is 16.6. The number of allylic oxidation sites excluding steroid dienone is 1. The number of hydrogen-bond acceptors (Lipinski definition) is 6. The average molecular weight is 392 g/mol. The second kappa shape index (κ2) is 8.89. The van der Waals surface area contributed by atoms with Crippen LogP contribution < -0.4 is 9.47 Å². The van der Waals surface area contributed by atoms with E-state index in [0.717, 1.165) is 11.0 Å². The first-order valence-corrected chi connectivity index (χ1v) is 9.22. The number of H-pyrrole nitrogens is 1. The van der Waals surface area contributed by atoms with E-state index in [2.05, 4.69) is 16.0 Å². The Labute approximate surface area is 167 Å². The van der Waals surface area contributed by atoms with Gasteiger partial charge in [0, 0.05) is 6.07 Å². The highest BCUT2D eigenvalue weighted by molar-refractivity contribution is 5.91. The normalized spacial score (nSPS) is 11.3. The average Bonchev–Trinajstić information content (AvgIpc) is 3.15. The van der Waals surface area contributed by atoms with Gasteiger partial charge in [-0.2, -0.15) is 5.26 Å². The monoisotopic (exact) mass is 392 g/mol. The molecule has 0 radical (unpaired) electrons. The van der Waals surface area contributed by atoms with Crippen molar-refractivity contribution >= 4 is 28.4 Å². The summed E-state index contributed by atoms with van der Waals surface area (Å²) >= 11 is 0. The van der Waals surface area contributed by atoms with Crippen molar-refractivity contribution in [2.24, 2.45) is 0 Å². The number of nitrogens with one attached hydrogen (secondary N) is 1. The van der Waals surface area contributed by atoms with Crippen LogP contribution in [0.15, 0.2) is 36.4 Å². The summed E-state index contributed by atoms with van der Waals surface area (Å²) in [6.07, 6.45) is 2.24. The maximum Gasteiger partial charge on any atom is 0.315 e. The van der Waals surface area contributed by atoms with Crippen LogP contribution in [0.5, 0.6) is 11.5 Å². The Kier molecular flexibility index (Phi) is 6.09. The van der Waals surface area contributed by atoms with Gasteiger partial charge in [0.15, 0.2) is 5.75 Å². The fraction of sp³-hybridized carbons (Fsp3) is 0.238. The van der Waals surface area contributed by atoms with E-state index < -0.39 is 4.92 Å². The Bertz CT molecular complexity index is 1080. The Morgan fingerprint density at radius 3 is 2.76 bits per heavy atom. The van der Waals surface area contributed by atoms with Gasteiger partial charge in [-0.25, -0.2) is 4.98 Å². The van der Waals surface area contributed by atoms with Crippen LogP contribution in [-0.2, 0) is 0 Å². The molecule has 1 heterocycles. The van der Waals surface area contributed by atoms with E-state index in [9.17, 15) is 15.4 Å². The smallest absolute Gasteiger partial charge is 0.315 e. The lowest BCUT2D eigenvalue weighted by Crippen LogP contribution is -2.04. The van der Waals surface area contributed by atoms with Crippen LogP contribution in [0.1, 0.15) is 31.7 Å². The molecule has 8 heteroatoms. The van der Waals surface area contributed by atoms with Crippen molar-refractivity contribution in [3.8, 4) is 17.6 Å². The van der Waals surface area contributed by atoms with Crippen LogP contribution in [0, 0.1) is 21.4 Å². The van der Waals surface area contributed by atoms with Crippen LogP contribution >= 0.6 is 0 Å². The highest BCUT2D eigenvalue weighted by Gasteiger charge is 2.22. The lowest BCUT2D eigenvalue weighted by molar-refractivity contribution is -0.386. The van der Waals surface area contributed by atoms with Crippen molar-refractivity contribution in [2.45, 2.75) is 20.3 Å². The van der Waals surface area contributed by atoms with E-state index >= 15 is 0 Å². The second-order valence-electron chi connectivity index (χ2n) is 6.18. The van der Waals surface area contributed by atoms with E-state index in [4.69, 9.17) is 9.47 Å². The van der Waals surface area contributed by atoms with Crippen molar-refractivity contribution in [3.63, 3.8) is 0 Å². The van der Waals surface area contributed by atoms with Crippen LogP contribution in [0.4, 0.5) is 5.69 Å².